The zero-order chi connectivity index (χ0) is 14.6. The lowest BCUT2D eigenvalue weighted by molar-refractivity contribution is 0.362. The largest absolute Gasteiger partial charge is 0.385 e. The topological polar surface area (TPSA) is 58.2 Å². The predicted molar refractivity (Wildman–Crippen MR) is 85.9 cm³/mol. The number of anilines is 1. The number of nitrogens with one attached hydrogen (secondary N) is 2. The molecule has 0 aromatic heterocycles. The molecule has 2 N–H and O–H groups in total. The fraction of sp³-hybridized carbons (Fsp3) is 0.571. The Bertz CT molecular complexity index is 531. The van der Waals surface area contributed by atoms with Crippen molar-refractivity contribution in [3.05, 3.63) is 24.3 Å². The number of rotatable bonds is 7. The smallest absolute Gasteiger partial charge is 0.240 e. The molecule has 4 nitrogen and oxygen atoms in total. The molecule has 1 fully saturated rings. The van der Waals surface area contributed by atoms with Crippen LogP contribution in [-0.4, -0.2) is 32.5 Å². The van der Waals surface area contributed by atoms with Crippen molar-refractivity contribution in [1.82, 2.24) is 4.72 Å². The van der Waals surface area contributed by atoms with E-state index in [-0.39, 0.29) is 4.75 Å². The Morgan fingerprint density at radius 2 is 1.90 bits per heavy atom. The second-order valence-electron chi connectivity index (χ2n) is 5.12. The third-order valence-corrected chi connectivity index (χ3v) is 6.66. The van der Waals surface area contributed by atoms with Crippen molar-refractivity contribution in [3.8, 4) is 0 Å². The number of benzene rings is 1. The van der Waals surface area contributed by atoms with Crippen molar-refractivity contribution in [2.75, 3.05) is 24.7 Å². The Morgan fingerprint density at radius 3 is 2.35 bits per heavy atom. The van der Waals surface area contributed by atoms with Gasteiger partial charge in [-0.1, -0.05) is 6.42 Å². The Hall–Kier alpha value is -0.720. The molecule has 0 amide bonds. The first-order chi connectivity index (χ1) is 9.51. The molecule has 0 spiro atoms. The zero-order valence-corrected chi connectivity index (χ0v) is 13.6. The molecule has 0 unspecified atom stereocenters. The fourth-order valence-electron chi connectivity index (χ4n) is 2.29. The summed E-state index contributed by atoms with van der Waals surface area (Å²) in [6, 6.07) is 6.89. The molecule has 1 aromatic rings. The van der Waals surface area contributed by atoms with Gasteiger partial charge in [-0.15, -0.1) is 0 Å². The van der Waals surface area contributed by atoms with Crippen molar-refractivity contribution in [2.24, 2.45) is 0 Å². The molecular formula is C14H22N2O2S2. The third-order valence-electron chi connectivity index (χ3n) is 3.83. The van der Waals surface area contributed by atoms with Gasteiger partial charge in [0.15, 0.2) is 0 Å². The van der Waals surface area contributed by atoms with Crippen LogP contribution in [0.1, 0.15) is 26.2 Å². The van der Waals surface area contributed by atoms with Crippen LogP contribution in [0, 0.1) is 0 Å². The first kappa shape index (κ1) is 15.7. The van der Waals surface area contributed by atoms with Crippen molar-refractivity contribution in [3.63, 3.8) is 0 Å². The van der Waals surface area contributed by atoms with Gasteiger partial charge >= 0.3 is 0 Å². The van der Waals surface area contributed by atoms with E-state index in [9.17, 15) is 8.42 Å². The minimum atomic E-state index is -3.40. The summed E-state index contributed by atoms with van der Waals surface area (Å²) in [5, 5.41) is 3.15. The predicted octanol–water partition coefficient (Wildman–Crippen LogP) is 2.68. The standard InChI is InChI=1S/C14H22N2O2S2/c1-3-15-12-5-7-13(8-6-12)20(17,18)16-11-14(19-2)9-4-10-14/h5-8,15-16H,3-4,9-11H2,1-2H3. The molecule has 20 heavy (non-hydrogen) atoms. The van der Waals surface area contributed by atoms with Gasteiger partial charge in [-0.25, -0.2) is 13.1 Å². The highest BCUT2D eigenvalue weighted by Gasteiger charge is 2.37. The van der Waals surface area contributed by atoms with Gasteiger partial charge in [0.2, 0.25) is 10.0 Å². The van der Waals surface area contributed by atoms with E-state index in [1.165, 1.54) is 6.42 Å². The second-order valence-corrected chi connectivity index (χ2v) is 8.16. The molecular weight excluding hydrogens is 292 g/mol. The van der Waals surface area contributed by atoms with Crippen LogP contribution in [0.15, 0.2) is 29.2 Å². The van der Waals surface area contributed by atoms with Crippen LogP contribution in [0.4, 0.5) is 5.69 Å². The van der Waals surface area contributed by atoms with Gasteiger partial charge in [0, 0.05) is 23.5 Å². The van der Waals surface area contributed by atoms with E-state index in [1.54, 1.807) is 36.0 Å². The molecule has 0 aliphatic heterocycles. The minimum Gasteiger partial charge on any atom is -0.385 e. The molecule has 1 saturated carbocycles. The quantitative estimate of drug-likeness (QED) is 0.812. The molecule has 6 heteroatoms. The average Bonchev–Trinajstić information content (AvgIpc) is 2.39. The maximum Gasteiger partial charge on any atom is 0.240 e. The van der Waals surface area contributed by atoms with Crippen LogP contribution in [-0.2, 0) is 10.0 Å². The Balaban J connectivity index is 2.02. The van der Waals surface area contributed by atoms with E-state index < -0.39 is 10.0 Å². The van der Waals surface area contributed by atoms with Crippen LogP contribution in [0.25, 0.3) is 0 Å². The lowest BCUT2D eigenvalue weighted by Crippen LogP contribution is -2.45. The van der Waals surface area contributed by atoms with E-state index >= 15 is 0 Å². The number of sulfonamides is 1. The van der Waals surface area contributed by atoms with Gasteiger partial charge in [-0.3, -0.25) is 0 Å². The maximum atomic E-state index is 12.3. The molecule has 2 rings (SSSR count). The van der Waals surface area contributed by atoms with Gasteiger partial charge in [0.05, 0.1) is 4.90 Å². The Labute approximate surface area is 125 Å². The van der Waals surface area contributed by atoms with Crippen molar-refractivity contribution >= 4 is 27.5 Å². The number of hydrogen-bond donors (Lipinski definition) is 2. The van der Waals surface area contributed by atoms with Crippen LogP contribution in [0.3, 0.4) is 0 Å². The average molecular weight is 314 g/mol. The summed E-state index contributed by atoms with van der Waals surface area (Å²) in [5.74, 6) is 0. The van der Waals surface area contributed by atoms with Crippen LogP contribution >= 0.6 is 11.8 Å². The van der Waals surface area contributed by atoms with Gasteiger partial charge in [0.25, 0.3) is 0 Å². The second kappa shape index (κ2) is 6.37. The van der Waals surface area contributed by atoms with Gasteiger partial charge in [-0.05, 0) is 50.3 Å². The lowest BCUT2D eigenvalue weighted by atomic mass is 9.84. The third kappa shape index (κ3) is 3.48. The molecule has 0 bridgehead atoms. The van der Waals surface area contributed by atoms with E-state index in [0.717, 1.165) is 25.1 Å². The molecule has 1 aromatic carbocycles. The Kier molecular flexibility index (Phi) is 4.99. The first-order valence-electron chi connectivity index (χ1n) is 6.90. The summed E-state index contributed by atoms with van der Waals surface area (Å²) in [6.45, 7) is 3.35. The highest BCUT2D eigenvalue weighted by molar-refractivity contribution is 8.00. The highest BCUT2D eigenvalue weighted by Crippen LogP contribution is 2.42. The molecule has 112 valence electrons. The molecule has 1 aliphatic carbocycles. The van der Waals surface area contributed by atoms with Gasteiger partial charge in [-0.2, -0.15) is 11.8 Å². The van der Waals surface area contributed by atoms with Gasteiger partial charge in [0.1, 0.15) is 0 Å². The van der Waals surface area contributed by atoms with E-state index in [1.807, 2.05) is 6.92 Å². The molecule has 0 radical (unpaired) electrons. The number of thioether (sulfide) groups is 1. The van der Waals surface area contributed by atoms with Crippen molar-refractivity contribution < 1.29 is 8.42 Å². The summed E-state index contributed by atoms with van der Waals surface area (Å²) < 4.78 is 27.4. The summed E-state index contributed by atoms with van der Waals surface area (Å²) in [4.78, 5) is 0.328. The van der Waals surface area contributed by atoms with Crippen molar-refractivity contribution in [1.29, 1.82) is 0 Å². The number of hydrogen-bond acceptors (Lipinski definition) is 4. The Morgan fingerprint density at radius 1 is 1.25 bits per heavy atom. The zero-order valence-electron chi connectivity index (χ0n) is 12.0. The monoisotopic (exact) mass is 314 g/mol. The lowest BCUT2D eigenvalue weighted by Gasteiger charge is -2.40. The van der Waals surface area contributed by atoms with E-state index in [0.29, 0.717) is 11.4 Å². The first-order valence-corrected chi connectivity index (χ1v) is 9.61. The molecule has 1 aliphatic rings. The van der Waals surface area contributed by atoms with Crippen LogP contribution < -0.4 is 10.0 Å². The van der Waals surface area contributed by atoms with Crippen molar-refractivity contribution in [2.45, 2.75) is 35.8 Å². The summed E-state index contributed by atoms with van der Waals surface area (Å²) in [7, 11) is -3.40. The minimum absolute atomic E-state index is 0.108. The summed E-state index contributed by atoms with van der Waals surface area (Å²) in [5.41, 5.74) is 0.936. The van der Waals surface area contributed by atoms with Gasteiger partial charge < -0.3 is 5.32 Å². The summed E-state index contributed by atoms with van der Waals surface area (Å²) >= 11 is 1.77. The van der Waals surface area contributed by atoms with Crippen LogP contribution in [0.2, 0.25) is 0 Å². The van der Waals surface area contributed by atoms with Crippen LogP contribution in [0.5, 0.6) is 0 Å². The maximum absolute atomic E-state index is 12.3. The molecule has 0 saturated heterocycles. The molecule has 0 heterocycles. The summed E-state index contributed by atoms with van der Waals surface area (Å²) in [6.07, 6.45) is 5.44. The fourth-order valence-corrected chi connectivity index (χ4v) is 4.42. The van der Waals surface area contributed by atoms with E-state index in [4.69, 9.17) is 0 Å². The molecule has 0 atom stereocenters. The SMILES string of the molecule is CCNc1ccc(S(=O)(=O)NCC2(SC)CCC2)cc1. The highest BCUT2D eigenvalue weighted by atomic mass is 32.2. The normalized spacial score (nSPS) is 17.5. The van der Waals surface area contributed by atoms with E-state index in [2.05, 4.69) is 16.3 Å².